The highest BCUT2D eigenvalue weighted by Gasteiger charge is 2.42. The highest BCUT2D eigenvalue weighted by atomic mass is 16.5. The maximum Gasteiger partial charge on any atom is 0.223 e. The molecule has 102 valence electrons. The van der Waals surface area contributed by atoms with Crippen LogP contribution < -0.4 is 5.32 Å². The summed E-state index contributed by atoms with van der Waals surface area (Å²) in [5, 5.41) is 3.14. The maximum absolute atomic E-state index is 12.1. The molecule has 1 N–H and O–H groups in total. The van der Waals surface area contributed by atoms with E-state index in [0.717, 1.165) is 51.7 Å². The predicted octanol–water partition coefficient (Wildman–Crippen LogP) is 0.871. The molecule has 0 aromatic rings. The van der Waals surface area contributed by atoms with E-state index in [0.29, 0.717) is 17.7 Å². The first kappa shape index (κ1) is 12.4. The fraction of sp³-hybridized carbons (Fsp3) is 0.929. The van der Waals surface area contributed by atoms with Gasteiger partial charge in [-0.1, -0.05) is 6.42 Å². The van der Waals surface area contributed by atoms with Gasteiger partial charge in [-0.2, -0.15) is 0 Å². The molecule has 0 radical (unpaired) electrons. The Labute approximate surface area is 109 Å². The van der Waals surface area contributed by atoms with Crippen LogP contribution in [0.4, 0.5) is 0 Å². The van der Waals surface area contributed by atoms with Gasteiger partial charge in [-0.25, -0.2) is 0 Å². The molecular weight excluding hydrogens is 228 g/mol. The standard InChI is InChI=1S/C14H24N2O2/c17-14(13-10-11-1-2-12(13)9-11)15-3-4-16-5-7-18-8-6-16/h11-13H,1-10H2,(H,15,17). The molecular formula is C14H24N2O2. The number of morpholine rings is 1. The predicted molar refractivity (Wildman–Crippen MR) is 69.2 cm³/mol. The molecule has 0 aromatic heterocycles. The largest absolute Gasteiger partial charge is 0.379 e. The summed E-state index contributed by atoms with van der Waals surface area (Å²) in [5.74, 6) is 2.19. The maximum atomic E-state index is 12.1. The Kier molecular flexibility index (Phi) is 3.85. The van der Waals surface area contributed by atoms with Crippen LogP contribution in [0.5, 0.6) is 0 Å². The van der Waals surface area contributed by atoms with Crippen LogP contribution in [0.25, 0.3) is 0 Å². The van der Waals surface area contributed by atoms with Gasteiger partial charge >= 0.3 is 0 Å². The van der Waals surface area contributed by atoms with Crippen molar-refractivity contribution in [2.45, 2.75) is 25.7 Å². The highest BCUT2D eigenvalue weighted by molar-refractivity contribution is 5.79. The van der Waals surface area contributed by atoms with Crippen molar-refractivity contribution in [1.82, 2.24) is 10.2 Å². The van der Waals surface area contributed by atoms with Crippen LogP contribution in [0, 0.1) is 17.8 Å². The van der Waals surface area contributed by atoms with E-state index in [4.69, 9.17) is 4.74 Å². The quantitative estimate of drug-likeness (QED) is 0.807. The number of hydrogen-bond acceptors (Lipinski definition) is 3. The zero-order valence-corrected chi connectivity index (χ0v) is 11.1. The molecule has 1 heterocycles. The lowest BCUT2D eigenvalue weighted by atomic mass is 9.88. The number of hydrogen-bond donors (Lipinski definition) is 1. The molecule has 0 spiro atoms. The van der Waals surface area contributed by atoms with Crippen LogP contribution in [0.1, 0.15) is 25.7 Å². The van der Waals surface area contributed by atoms with Gasteiger partial charge in [0, 0.05) is 32.1 Å². The van der Waals surface area contributed by atoms with Crippen molar-refractivity contribution in [2.24, 2.45) is 17.8 Å². The Hall–Kier alpha value is -0.610. The van der Waals surface area contributed by atoms with Gasteiger partial charge in [0.05, 0.1) is 13.2 Å². The molecule has 3 rings (SSSR count). The third-order valence-electron chi connectivity index (χ3n) is 4.91. The molecule has 1 amide bonds. The van der Waals surface area contributed by atoms with E-state index in [1.807, 2.05) is 0 Å². The molecule has 2 aliphatic carbocycles. The van der Waals surface area contributed by atoms with Gasteiger partial charge in [0.25, 0.3) is 0 Å². The zero-order chi connectivity index (χ0) is 12.4. The van der Waals surface area contributed by atoms with Crippen molar-refractivity contribution in [2.75, 3.05) is 39.4 Å². The van der Waals surface area contributed by atoms with Crippen LogP contribution in [-0.4, -0.2) is 50.2 Å². The lowest BCUT2D eigenvalue weighted by Gasteiger charge is -2.27. The summed E-state index contributed by atoms with van der Waals surface area (Å²) < 4.78 is 5.31. The first-order valence-corrected chi connectivity index (χ1v) is 7.41. The van der Waals surface area contributed by atoms with Gasteiger partial charge in [0.15, 0.2) is 0 Å². The van der Waals surface area contributed by atoms with Crippen molar-refractivity contribution in [3.63, 3.8) is 0 Å². The number of ether oxygens (including phenoxy) is 1. The molecule has 1 aliphatic heterocycles. The van der Waals surface area contributed by atoms with Gasteiger partial charge in [0.2, 0.25) is 5.91 Å². The number of nitrogens with one attached hydrogen (secondary N) is 1. The molecule has 18 heavy (non-hydrogen) atoms. The normalized spacial score (nSPS) is 35.9. The summed E-state index contributed by atoms with van der Waals surface area (Å²) >= 11 is 0. The number of nitrogens with zero attached hydrogens (tertiary/aromatic N) is 1. The van der Waals surface area contributed by atoms with Gasteiger partial charge in [-0.3, -0.25) is 9.69 Å². The molecule has 4 nitrogen and oxygen atoms in total. The summed E-state index contributed by atoms with van der Waals surface area (Å²) in [6.07, 6.45) is 5.10. The third-order valence-corrected chi connectivity index (χ3v) is 4.91. The molecule has 3 fully saturated rings. The monoisotopic (exact) mass is 252 g/mol. The number of rotatable bonds is 4. The van der Waals surface area contributed by atoms with Crippen molar-refractivity contribution in [3.05, 3.63) is 0 Å². The fourth-order valence-electron chi connectivity index (χ4n) is 3.86. The van der Waals surface area contributed by atoms with Crippen LogP contribution in [0.2, 0.25) is 0 Å². The topological polar surface area (TPSA) is 41.6 Å². The minimum absolute atomic E-state index is 0.315. The number of fused-ring (bicyclic) bond motifs is 2. The van der Waals surface area contributed by atoms with Crippen molar-refractivity contribution >= 4 is 5.91 Å². The van der Waals surface area contributed by atoms with Crippen LogP contribution >= 0.6 is 0 Å². The molecule has 3 aliphatic rings. The molecule has 3 atom stereocenters. The molecule has 1 saturated heterocycles. The second-order valence-electron chi connectivity index (χ2n) is 6.03. The summed E-state index contributed by atoms with van der Waals surface area (Å²) in [5.41, 5.74) is 0. The second-order valence-corrected chi connectivity index (χ2v) is 6.03. The van der Waals surface area contributed by atoms with E-state index < -0.39 is 0 Å². The molecule has 2 bridgehead atoms. The number of amides is 1. The number of carbonyl (C=O) groups excluding carboxylic acids is 1. The highest BCUT2D eigenvalue weighted by Crippen LogP contribution is 2.48. The lowest BCUT2D eigenvalue weighted by Crippen LogP contribution is -2.43. The van der Waals surface area contributed by atoms with Crippen LogP contribution in [0.3, 0.4) is 0 Å². The van der Waals surface area contributed by atoms with Crippen molar-refractivity contribution in [1.29, 1.82) is 0 Å². The van der Waals surface area contributed by atoms with Crippen LogP contribution in [-0.2, 0) is 9.53 Å². The molecule has 4 heteroatoms. The lowest BCUT2D eigenvalue weighted by molar-refractivity contribution is -0.126. The number of carbonyl (C=O) groups is 1. The average molecular weight is 252 g/mol. The van der Waals surface area contributed by atoms with E-state index >= 15 is 0 Å². The van der Waals surface area contributed by atoms with Gasteiger partial charge in [0.1, 0.15) is 0 Å². The third kappa shape index (κ3) is 2.69. The SMILES string of the molecule is O=C(NCCN1CCOCC1)C1CC2CCC1C2. The van der Waals surface area contributed by atoms with Gasteiger partial charge in [-0.15, -0.1) is 0 Å². The smallest absolute Gasteiger partial charge is 0.223 e. The second kappa shape index (κ2) is 5.57. The Morgan fingerprint density at radius 2 is 2.06 bits per heavy atom. The molecule has 3 unspecified atom stereocenters. The fourth-order valence-corrected chi connectivity index (χ4v) is 3.86. The van der Waals surface area contributed by atoms with Crippen molar-refractivity contribution < 1.29 is 9.53 Å². The van der Waals surface area contributed by atoms with E-state index in [1.165, 1.54) is 19.3 Å². The minimum atomic E-state index is 0.315. The van der Waals surface area contributed by atoms with E-state index in [1.54, 1.807) is 0 Å². The summed E-state index contributed by atoms with van der Waals surface area (Å²) in [7, 11) is 0. The van der Waals surface area contributed by atoms with E-state index in [2.05, 4.69) is 10.2 Å². The minimum Gasteiger partial charge on any atom is -0.379 e. The Bertz CT molecular complexity index is 302. The summed E-state index contributed by atoms with van der Waals surface area (Å²) in [6.45, 7) is 5.44. The molecule has 0 aromatic carbocycles. The Morgan fingerprint density at radius 3 is 2.72 bits per heavy atom. The van der Waals surface area contributed by atoms with E-state index in [9.17, 15) is 4.79 Å². The van der Waals surface area contributed by atoms with E-state index in [-0.39, 0.29) is 0 Å². The molecule has 2 saturated carbocycles. The first-order valence-electron chi connectivity index (χ1n) is 7.41. The Balaban J connectivity index is 1.36. The van der Waals surface area contributed by atoms with Crippen LogP contribution in [0.15, 0.2) is 0 Å². The first-order chi connectivity index (χ1) is 8.83. The zero-order valence-electron chi connectivity index (χ0n) is 11.1. The Morgan fingerprint density at radius 1 is 1.22 bits per heavy atom. The van der Waals surface area contributed by atoms with Gasteiger partial charge in [-0.05, 0) is 31.1 Å². The average Bonchev–Trinajstić information content (AvgIpc) is 3.02. The van der Waals surface area contributed by atoms with Crippen molar-refractivity contribution in [3.8, 4) is 0 Å². The summed E-state index contributed by atoms with van der Waals surface area (Å²) in [6, 6.07) is 0. The summed E-state index contributed by atoms with van der Waals surface area (Å²) in [4.78, 5) is 14.5. The van der Waals surface area contributed by atoms with Gasteiger partial charge < -0.3 is 10.1 Å².